The van der Waals surface area contributed by atoms with E-state index in [0.717, 1.165) is 0 Å². The molecule has 10 heteroatoms. The number of rotatable bonds is 7. The molecule has 0 aliphatic carbocycles. The van der Waals surface area contributed by atoms with Crippen LogP contribution in [-0.2, 0) is 14.8 Å². The highest BCUT2D eigenvalue weighted by atomic mass is 32.2. The third-order valence-corrected chi connectivity index (χ3v) is 5.57. The van der Waals surface area contributed by atoms with Crippen molar-refractivity contribution >= 4 is 21.6 Å². The first-order valence-electron chi connectivity index (χ1n) is 8.29. The number of hydrogen-bond acceptors (Lipinski definition) is 7. The number of anilines is 1. The predicted octanol–water partition coefficient (Wildman–Crippen LogP) is 1.74. The van der Waals surface area contributed by atoms with E-state index in [-0.39, 0.29) is 17.4 Å². The van der Waals surface area contributed by atoms with Crippen LogP contribution in [0, 0.1) is 0 Å². The summed E-state index contributed by atoms with van der Waals surface area (Å²) in [5.41, 5.74) is 0.464. The third kappa shape index (κ3) is 4.12. The fraction of sp³-hybridized carbons (Fsp3) is 0.278. The van der Waals surface area contributed by atoms with E-state index in [2.05, 4.69) is 10.0 Å². The van der Waals surface area contributed by atoms with Crippen molar-refractivity contribution in [1.82, 2.24) is 4.72 Å². The second-order valence-electron chi connectivity index (χ2n) is 5.92. The van der Waals surface area contributed by atoms with E-state index in [4.69, 9.17) is 18.9 Å². The number of carbonyl (C=O) groups is 1. The van der Waals surface area contributed by atoms with Crippen LogP contribution in [0.1, 0.15) is 6.92 Å². The number of nitrogens with one attached hydrogen (secondary N) is 2. The minimum atomic E-state index is -3.96. The number of fused-ring (bicyclic) bond motifs is 1. The van der Waals surface area contributed by atoms with Crippen molar-refractivity contribution in [2.45, 2.75) is 17.9 Å². The van der Waals surface area contributed by atoms with Crippen LogP contribution in [0.3, 0.4) is 0 Å². The quantitative estimate of drug-likeness (QED) is 0.718. The Hall–Kier alpha value is -2.98. The molecule has 1 amide bonds. The lowest BCUT2D eigenvalue weighted by atomic mass is 10.2. The Labute approximate surface area is 162 Å². The molecule has 2 aromatic rings. The Morgan fingerprint density at radius 3 is 2.46 bits per heavy atom. The van der Waals surface area contributed by atoms with Gasteiger partial charge in [0.25, 0.3) is 0 Å². The van der Waals surface area contributed by atoms with Crippen molar-refractivity contribution in [3.8, 4) is 23.0 Å². The number of amides is 1. The van der Waals surface area contributed by atoms with Gasteiger partial charge in [-0.3, -0.25) is 4.79 Å². The lowest BCUT2D eigenvalue weighted by molar-refractivity contribution is -0.117. The summed E-state index contributed by atoms with van der Waals surface area (Å²) in [6.07, 6.45) is 0. The monoisotopic (exact) mass is 408 g/mol. The Morgan fingerprint density at radius 1 is 1.04 bits per heavy atom. The van der Waals surface area contributed by atoms with Crippen molar-refractivity contribution < 1.29 is 32.2 Å². The summed E-state index contributed by atoms with van der Waals surface area (Å²) in [6, 6.07) is 8.05. The maximum absolute atomic E-state index is 12.6. The molecule has 2 aromatic carbocycles. The number of benzene rings is 2. The van der Waals surface area contributed by atoms with Gasteiger partial charge < -0.3 is 24.3 Å². The average molecular weight is 408 g/mol. The van der Waals surface area contributed by atoms with Crippen LogP contribution in [0.25, 0.3) is 0 Å². The second-order valence-corrected chi connectivity index (χ2v) is 7.63. The average Bonchev–Trinajstić information content (AvgIpc) is 3.14. The van der Waals surface area contributed by atoms with Gasteiger partial charge in [0, 0.05) is 17.8 Å². The molecule has 0 saturated heterocycles. The van der Waals surface area contributed by atoms with E-state index in [1.54, 1.807) is 18.2 Å². The number of ether oxygens (including phenoxy) is 4. The fourth-order valence-corrected chi connectivity index (χ4v) is 3.78. The largest absolute Gasteiger partial charge is 0.493 e. The zero-order chi connectivity index (χ0) is 20.3. The molecule has 0 unspecified atom stereocenters. The molecule has 28 heavy (non-hydrogen) atoms. The molecular weight excluding hydrogens is 388 g/mol. The van der Waals surface area contributed by atoms with Crippen LogP contribution in [0.2, 0.25) is 0 Å². The summed E-state index contributed by atoms with van der Waals surface area (Å²) in [5.74, 6) is 1.23. The van der Waals surface area contributed by atoms with Gasteiger partial charge in [-0.2, -0.15) is 4.72 Å². The van der Waals surface area contributed by atoms with Crippen molar-refractivity contribution in [1.29, 1.82) is 0 Å². The highest BCUT2D eigenvalue weighted by Crippen LogP contribution is 2.34. The van der Waals surface area contributed by atoms with E-state index >= 15 is 0 Å². The summed E-state index contributed by atoms with van der Waals surface area (Å²) in [5, 5.41) is 2.64. The van der Waals surface area contributed by atoms with Crippen LogP contribution in [0.4, 0.5) is 5.69 Å². The van der Waals surface area contributed by atoms with Crippen LogP contribution in [-0.4, -0.2) is 41.4 Å². The van der Waals surface area contributed by atoms with E-state index < -0.39 is 22.0 Å². The molecule has 0 saturated carbocycles. The molecule has 9 nitrogen and oxygen atoms in total. The van der Waals surface area contributed by atoms with E-state index in [9.17, 15) is 13.2 Å². The normalized spacial score (nSPS) is 13.7. The zero-order valence-corrected chi connectivity index (χ0v) is 16.3. The van der Waals surface area contributed by atoms with Gasteiger partial charge >= 0.3 is 0 Å². The smallest absolute Gasteiger partial charge is 0.242 e. The summed E-state index contributed by atoms with van der Waals surface area (Å²) >= 11 is 0. The van der Waals surface area contributed by atoms with Crippen molar-refractivity contribution in [3.05, 3.63) is 36.4 Å². The Balaban J connectivity index is 1.70. The van der Waals surface area contributed by atoms with E-state index in [1.807, 2.05) is 0 Å². The molecular formula is C18H20N2O7S. The SMILES string of the molecule is COc1ccc(S(=O)(=O)N[C@@H](C)C(=O)Nc2ccc3c(c2)OCO3)cc1OC. The zero-order valence-electron chi connectivity index (χ0n) is 15.5. The molecule has 0 aromatic heterocycles. The van der Waals surface area contributed by atoms with Gasteiger partial charge in [0.05, 0.1) is 25.2 Å². The minimum Gasteiger partial charge on any atom is -0.493 e. The molecule has 1 aliphatic rings. The Bertz CT molecular complexity index is 991. The minimum absolute atomic E-state index is 0.0483. The summed E-state index contributed by atoms with van der Waals surface area (Å²) in [4.78, 5) is 12.3. The first-order valence-corrected chi connectivity index (χ1v) is 9.77. The van der Waals surface area contributed by atoms with Crippen molar-refractivity contribution in [2.24, 2.45) is 0 Å². The Kier molecular flexibility index (Phi) is 5.61. The van der Waals surface area contributed by atoms with E-state index in [1.165, 1.54) is 39.3 Å². The van der Waals surface area contributed by atoms with Crippen LogP contribution in [0.5, 0.6) is 23.0 Å². The third-order valence-electron chi connectivity index (χ3n) is 4.03. The predicted molar refractivity (Wildman–Crippen MR) is 101 cm³/mol. The van der Waals surface area contributed by atoms with Gasteiger partial charge in [-0.1, -0.05) is 0 Å². The lowest BCUT2D eigenvalue weighted by Crippen LogP contribution is -2.41. The number of sulfonamides is 1. The standard InChI is InChI=1S/C18H20N2O7S/c1-11(18(21)19-12-4-6-15-17(8-12)27-10-26-15)20-28(22,23)13-5-7-14(24-2)16(9-13)25-3/h4-9,11,20H,10H2,1-3H3,(H,19,21)/t11-/m0/s1. The molecule has 150 valence electrons. The molecule has 1 atom stereocenters. The molecule has 2 N–H and O–H groups in total. The van der Waals surface area contributed by atoms with Gasteiger partial charge in [0.15, 0.2) is 23.0 Å². The van der Waals surface area contributed by atoms with Crippen LogP contribution in [0.15, 0.2) is 41.3 Å². The van der Waals surface area contributed by atoms with Crippen LogP contribution < -0.4 is 29.0 Å². The first-order chi connectivity index (χ1) is 13.3. The molecule has 0 bridgehead atoms. The number of hydrogen-bond donors (Lipinski definition) is 2. The molecule has 0 spiro atoms. The highest BCUT2D eigenvalue weighted by Gasteiger charge is 2.24. The fourth-order valence-electron chi connectivity index (χ4n) is 2.56. The van der Waals surface area contributed by atoms with Gasteiger partial charge in [0.1, 0.15) is 0 Å². The van der Waals surface area contributed by atoms with Gasteiger partial charge in [-0.25, -0.2) is 8.42 Å². The number of carbonyl (C=O) groups excluding carboxylic acids is 1. The molecule has 3 rings (SSSR count). The maximum atomic E-state index is 12.6. The second kappa shape index (κ2) is 7.95. The summed E-state index contributed by atoms with van der Waals surface area (Å²) in [6.45, 7) is 1.56. The number of methoxy groups -OCH3 is 2. The van der Waals surface area contributed by atoms with Crippen LogP contribution >= 0.6 is 0 Å². The molecule has 0 fully saturated rings. The highest BCUT2D eigenvalue weighted by molar-refractivity contribution is 7.89. The summed E-state index contributed by atoms with van der Waals surface area (Å²) in [7, 11) is -1.10. The van der Waals surface area contributed by atoms with Gasteiger partial charge in [-0.15, -0.1) is 0 Å². The maximum Gasteiger partial charge on any atom is 0.242 e. The van der Waals surface area contributed by atoms with Gasteiger partial charge in [-0.05, 0) is 31.2 Å². The van der Waals surface area contributed by atoms with E-state index in [0.29, 0.717) is 22.9 Å². The lowest BCUT2D eigenvalue weighted by Gasteiger charge is -2.16. The summed E-state index contributed by atoms with van der Waals surface area (Å²) < 4.78 is 48.2. The first kappa shape index (κ1) is 19.8. The molecule has 0 radical (unpaired) electrons. The molecule has 1 aliphatic heterocycles. The van der Waals surface area contributed by atoms with Gasteiger partial charge in [0.2, 0.25) is 22.7 Å². The van der Waals surface area contributed by atoms with Crippen molar-refractivity contribution in [3.63, 3.8) is 0 Å². The Morgan fingerprint density at radius 2 is 1.75 bits per heavy atom. The van der Waals surface area contributed by atoms with Crippen molar-refractivity contribution in [2.75, 3.05) is 26.3 Å². The molecule has 1 heterocycles. The topological polar surface area (TPSA) is 112 Å².